The Kier molecular flexibility index (Phi) is 9.94. The minimum absolute atomic E-state index is 0.403. The summed E-state index contributed by atoms with van der Waals surface area (Å²) in [5, 5.41) is 3.77. The average molecular weight is 976 g/mol. The van der Waals surface area contributed by atoms with Gasteiger partial charge in [0.25, 0.3) is 35.4 Å². The molecule has 3 aliphatic heterocycles. The summed E-state index contributed by atoms with van der Waals surface area (Å²) >= 11 is 0. The van der Waals surface area contributed by atoms with Crippen molar-refractivity contribution in [3.63, 3.8) is 0 Å². The summed E-state index contributed by atoms with van der Waals surface area (Å²) in [5.74, 6) is -2.49. The first kappa shape index (κ1) is 45.3. The van der Waals surface area contributed by atoms with Gasteiger partial charge in [-0.25, -0.2) is 14.7 Å². The second kappa shape index (κ2) is 16.5. The normalized spacial score (nSPS) is 14.1. The molecule has 0 bridgehead atoms. The molecule has 0 aromatic heterocycles. The summed E-state index contributed by atoms with van der Waals surface area (Å²) in [7, 11) is 0. The van der Waals surface area contributed by atoms with Crippen LogP contribution in [0.25, 0.3) is 65.7 Å². The Labute approximate surface area is 431 Å². The Hall–Kier alpha value is -9.60. The van der Waals surface area contributed by atoms with Crippen molar-refractivity contribution in [2.24, 2.45) is 0 Å². The van der Waals surface area contributed by atoms with Crippen LogP contribution in [0.1, 0.15) is 95.5 Å². The first-order chi connectivity index (χ1) is 36.1. The van der Waals surface area contributed by atoms with Gasteiger partial charge in [-0.2, -0.15) is 0 Å². The number of carbonyl (C=O) groups is 6. The van der Waals surface area contributed by atoms with E-state index in [4.69, 9.17) is 0 Å². The molecule has 0 saturated heterocycles. The Balaban J connectivity index is 1.02. The predicted octanol–water partition coefficient (Wildman–Crippen LogP) is 14.4. The lowest BCUT2D eigenvalue weighted by Crippen LogP contribution is -2.40. The van der Waals surface area contributed by atoms with Crippen LogP contribution in [0.4, 0.5) is 17.1 Å². The van der Waals surface area contributed by atoms with Gasteiger partial charge in [0.2, 0.25) is 0 Å². The molecule has 0 unspecified atom stereocenters. The summed E-state index contributed by atoms with van der Waals surface area (Å²) in [4.78, 5) is 91.0. The number of anilines is 3. The fraction of sp³-hybridized carbons (Fsp3) is 0.0909. The highest BCUT2D eigenvalue weighted by Crippen LogP contribution is 2.46. The number of carbonyl (C=O) groups excluding carboxylic acids is 6. The van der Waals surface area contributed by atoms with E-state index >= 15 is 0 Å². The lowest BCUT2D eigenvalue weighted by Gasteiger charge is -2.29. The van der Waals surface area contributed by atoms with E-state index in [-0.39, 0.29) is 0 Å². The number of benzene rings is 10. The Morgan fingerprint density at radius 3 is 0.693 bits per heavy atom. The second-order valence-corrected chi connectivity index (χ2v) is 20.3. The van der Waals surface area contributed by atoms with Crippen molar-refractivity contribution in [1.82, 2.24) is 0 Å². The average Bonchev–Trinajstić information content (AvgIpc) is 3.41. The summed E-state index contributed by atoms with van der Waals surface area (Å²) in [6, 6.07) is 51.0. The van der Waals surface area contributed by atoms with Crippen molar-refractivity contribution >= 4 is 84.8 Å². The number of hydrogen-bond donors (Lipinski definition) is 0. The van der Waals surface area contributed by atoms with Gasteiger partial charge >= 0.3 is 0 Å². The largest absolute Gasteiger partial charge is 0.268 e. The third-order valence-electron chi connectivity index (χ3n) is 15.0. The Bertz CT molecular complexity index is 3780. The molecular weight excluding hydrogens is 931 g/mol. The molecule has 75 heavy (non-hydrogen) atoms. The molecule has 3 heterocycles. The highest BCUT2D eigenvalue weighted by atomic mass is 16.2. The van der Waals surface area contributed by atoms with Gasteiger partial charge in [-0.05, 0) is 215 Å². The molecule has 0 N–H and O–H groups in total. The van der Waals surface area contributed by atoms with E-state index in [2.05, 4.69) is 18.2 Å². The van der Waals surface area contributed by atoms with E-state index < -0.39 is 35.4 Å². The number of rotatable bonds is 6. The van der Waals surface area contributed by atoms with Crippen molar-refractivity contribution in [1.29, 1.82) is 0 Å². The van der Waals surface area contributed by atoms with Crippen LogP contribution in [0, 0.1) is 41.5 Å². The number of imide groups is 3. The molecule has 0 atom stereocenters. The minimum atomic E-state index is -0.414. The quantitative estimate of drug-likeness (QED) is 0.153. The van der Waals surface area contributed by atoms with Gasteiger partial charge in [0.05, 0.1) is 17.1 Å². The molecule has 10 aromatic rings. The molecule has 10 aromatic carbocycles. The molecule has 0 spiro atoms. The van der Waals surface area contributed by atoms with Crippen LogP contribution in [0.5, 0.6) is 0 Å². The van der Waals surface area contributed by atoms with Crippen molar-refractivity contribution < 1.29 is 28.8 Å². The van der Waals surface area contributed by atoms with Crippen LogP contribution < -0.4 is 14.7 Å². The summed E-state index contributed by atoms with van der Waals surface area (Å²) in [6.45, 7) is 11.6. The summed E-state index contributed by atoms with van der Waals surface area (Å²) in [6.07, 6.45) is 0. The van der Waals surface area contributed by atoms with Crippen LogP contribution in [0.2, 0.25) is 0 Å². The van der Waals surface area contributed by atoms with Crippen LogP contribution in [0.15, 0.2) is 164 Å². The second-order valence-electron chi connectivity index (χ2n) is 20.3. The molecule has 360 valence electrons. The minimum Gasteiger partial charge on any atom is -0.268 e. The predicted molar refractivity (Wildman–Crippen MR) is 296 cm³/mol. The maximum atomic E-state index is 14.5. The van der Waals surface area contributed by atoms with E-state index in [1.54, 1.807) is 36.4 Å². The molecular formula is C66H45N3O6. The van der Waals surface area contributed by atoms with Crippen molar-refractivity contribution in [2.45, 2.75) is 41.5 Å². The van der Waals surface area contributed by atoms with Crippen LogP contribution in [-0.4, -0.2) is 35.4 Å². The Morgan fingerprint density at radius 2 is 0.453 bits per heavy atom. The topological polar surface area (TPSA) is 112 Å². The van der Waals surface area contributed by atoms with E-state index in [1.165, 1.54) is 14.7 Å². The standard InChI is InChI=1S/C66H45N3O6/c1-34-22-35(2)26-43(25-34)67-61(70)52-13-7-10-49-46(16-19-55(58(49)52)64(67)73)40-31-41(47-17-20-56-59-50(47)11-8-14-53(59)62(71)68(65(56)74)44-27-36(3)23-37(4)28-44)33-42(32-40)48-18-21-57-60-51(48)12-9-15-54(60)63(72)69(66(57)75)45-29-38(5)24-39(6)30-45/h7-33H,1-6H3. The Morgan fingerprint density at radius 1 is 0.240 bits per heavy atom. The van der Waals surface area contributed by atoms with Crippen LogP contribution >= 0.6 is 0 Å². The smallest absolute Gasteiger partial charge is 0.265 e. The number of nitrogens with zero attached hydrogens (tertiary/aromatic N) is 3. The van der Waals surface area contributed by atoms with E-state index in [0.717, 1.165) is 66.8 Å². The molecule has 6 amide bonds. The van der Waals surface area contributed by atoms with Gasteiger partial charge in [-0.1, -0.05) is 72.8 Å². The first-order valence-corrected chi connectivity index (χ1v) is 24.9. The lowest BCUT2D eigenvalue weighted by molar-refractivity contribution is 0.0877. The first-order valence-electron chi connectivity index (χ1n) is 24.9. The van der Waals surface area contributed by atoms with Crippen LogP contribution in [0.3, 0.4) is 0 Å². The van der Waals surface area contributed by atoms with Gasteiger partial charge in [-0.15, -0.1) is 0 Å². The van der Waals surface area contributed by atoms with E-state index in [0.29, 0.717) is 82.8 Å². The molecule has 0 aliphatic carbocycles. The molecule has 13 rings (SSSR count). The van der Waals surface area contributed by atoms with Gasteiger partial charge in [0.1, 0.15) is 0 Å². The molecule has 3 aliphatic rings. The van der Waals surface area contributed by atoms with Crippen LogP contribution in [-0.2, 0) is 0 Å². The third kappa shape index (κ3) is 6.84. The third-order valence-corrected chi connectivity index (χ3v) is 15.0. The lowest BCUT2D eigenvalue weighted by atomic mass is 9.84. The molecule has 9 heteroatoms. The highest BCUT2D eigenvalue weighted by molar-refractivity contribution is 6.39. The van der Waals surface area contributed by atoms with Gasteiger partial charge in [-0.3, -0.25) is 28.8 Å². The van der Waals surface area contributed by atoms with Crippen molar-refractivity contribution in [3.05, 3.63) is 231 Å². The fourth-order valence-electron chi connectivity index (χ4n) is 12.1. The van der Waals surface area contributed by atoms with Gasteiger partial charge in [0, 0.05) is 49.5 Å². The SMILES string of the molecule is Cc1cc(C)cc(N2C(=O)c3cccc4c(-c5cc(-c6ccc7c8c(cccc68)C(=O)N(c6cc(C)cc(C)c6)C7=O)cc(-c6ccc7c8c(cccc68)C(=O)N(c6cc(C)cc(C)c6)C7=O)c5)ccc(c34)C2=O)c1. The van der Waals surface area contributed by atoms with Crippen molar-refractivity contribution in [3.8, 4) is 33.4 Å². The zero-order valence-electron chi connectivity index (χ0n) is 41.9. The maximum Gasteiger partial charge on any atom is 0.265 e. The zero-order chi connectivity index (χ0) is 51.9. The monoisotopic (exact) mass is 975 g/mol. The molecule has 0 radical (unpaired) electrons. The van der Waals surface area contributed by atoms with Gasteiger partial charge in [0.15, 0.2) is 0 Å². The van der Waals surface area contributed by atoms with Crippen molar-refractivity contribution in [2.75, 3.05) is 14.7 Å². The summed E-state index contributed by atoms with van der Waals surface area (Å²) < 4.78 is 0. The number of amides is 6. The molecule has 9 nitrogen and oxygen atoms in total. The summed E-state index contributed by atoms with van der Waals surface area (Å²) in [5.41, 5.74) is 14.1. The molecule has 0 saturated carbocycles. The van der Waals surface area contributed by atoms with E-state index in [1.807, 2.05) is 151 Å². The highest BCUT2D eigenvalue weighted by Gasteiger charge is 2.38. The van der Waals surface area contributed by atoms with E-state index in [9.17, 15) is 28.8 Å². The fourth-order valence-corrected chi connectivity index (χ4v) is 12.1. The maximum absolute atomic E-state index is 14.5. The van der Waals surface area contributed by atoms with Gasteiger partial charge < -0.3 is 0 Å². The molecule has 0 fully saturated rings. The number of aryl methyl sites for hydroxylation is 6. The zero-order valence-corrected chi connectivity index (χ0v) is 41.9. The number of hydrogen-bond acceptors (Lipinski definition) is 6.